The summed E-state index contributed by atoms with van der Waals surface area (Å²) in [5.41, 5.74) is 0. The quantitative estimate of drug-likeness (QED) is 0.749. The monoisotopic (exact) mass is 228 g/mol. The molecule has 16 heavy (non-hydrogen) atoms. The predicted molar refractivity (Wildman–Crippen MR) is 68.8 cm³/mol. The summed E-state index contributed by atoms with van der Waals surface area (Å²) in [5.74, 6) is 0.721. The summed E-state index contributed by atoms with van der Waals surface area (Å²) in [6.45, 7) is 11.4. The van der Waals surface area contributed by atoms with Crippen LogP contribution in [0.5, 0.6) is 0 Å². The highest BCUT2D eigenvalue weighted by atomic mass is 16.5. The van der Waals surface area contributed by atoms with E-state index in [-0.39, 0.29) is 0 Å². The second kappa shape index (κ2) is 7.25. The van der Waals surface area contributed by atoms with Gasteiger partial charge in [-0.05, 0) is 38.8 Å². The smallest absolute Gasteiger partial charge is 0.0595 e. The molecule has 0 aromatic heterocycles. The molecule has 1 heterocycles. The van der Waals surface area contributed by atoms with E-state index in [1.54, 1.807) is 0 Å². The highest BCUT2D eigenvalue weighted by molar-refractivity contribution is 4.80. The highest BCUT2D eigenvalue weighted by Crippen LogP contribution is 2.18. The number of ether oxygens (including phenoxy) is 1. The van der Waals surface area contributed by atoms with Crippen molar-refractivity contribution in [1.29, 1.82) is 0 Å². The van der Waals surface area contributed by atoms with Gasteiger partial charge in [-0.1, -0.05) is 13.8 Å². The Morgan fingerprint density at radius 1 is 1.31 bits per heavy atom. The van der Waals surface area contributed by atoms with Crippen molar-refractivity contribution in [2.24, 2.45) is 5.92 Å². The Hall–Kier alpha value is -0.120. The zero-order valence-corrected chi connectivity index (χ0v) is 11.3. The van der Waals surface area contributed by atoms with Crippen LogP contribution in [0.15, 0.2) is 0 Å². The lowest BCUT2D eigenvalue weighted by atomic mass is 9.98. The molecule has 1 fully saturated rings. The van der Waals surface area contributed by atoms with Gasteiger partial charge < -0.3 is 15.0 Å². The summed E-state index contributed by atoms with van der Waals surface area (Å²) >= 11 is 0. The maximum absolute atomic E-state index is 5.41. The molecule has 1 saturated heterocycles. The molecule has 1 aliphatic rings. The molecule has 0 amide bonds. The third-order valence-corrected chi connectivity index (χ3v) is 3.93. The fraction of sp³-hybridized carbons (Fsp3) is 1.00. The van der Waals surface area contributed by atoms with Crippen molar-refractivity contribution in [2.75, 3.05) is 33.3 Å². The lowest BCUT2D eigenvalue weighted by molar-refractivity contribution is 0.0216. The highest BCUT2D eigenvalue weighted by Gasteiger charge is 2.25. The van der Waals surface area contributed by atoms with Gasteiger partial charge in [0.1, 0.15) is 0 Å². The maximum Gasteiger partial charge on any atom is 0.0595 e. The van der Waals surface area contributed by atoms with E-state index < -0.39 is 0 Å². The van der Waals surface area contributed by atoms with E-state index in [1.807, 2.05) is 7.11 Å². The predicted octanol–water partition coefficient (Wildman–Crippen LogP) is 1.73. The van der Waals surface area contributed by atoms with Crippen LogP contribution >= 0.6 is 0 Å². The number of hydrogen-bond acceptors (Lipinski definition) is 3. The number of nitrogens with one attached hydrogen (secondary N) is 1. The standard InChI is InChI=1S/C13H28N2O/c1-5-14-10-11(2)12(3)15-8-6-13(16-4)7-9-15/h11-14H,5-10H2,1-4H3. The largest absolute Gasteiger partial charge is 0.381 e. The SMILES string of the molecule is CCNCC(C)C(C)N1CCC(OC)CC1. The number of likely N-dealkylation sites (tertiary alicyclic amines) is 1. The molecular weight excluding hydrogens is 200 g/mol. The van der Waals surface area contributed by atoms with Crippen molar-refractivity contribution in [3.8, 4) is 0 Å². The normalized spacial score (nSPS) is 23.2. The molecule has 0 aliphatic carbocycles. The number of hydrogen-bond donors (Lipinski definition) is 1. The Balaban J connectivity index is 2.29. The van der Waals surface area contributed by atoms with Crippen molar-refractivity contribution in [3.05, 3.63) is 0 Å². The van der Waals surface area contributed by atoms with Crippen LogP contribution in [0.2, 0.25) is 0 Å². The van der Waals surface area contributed by atoms with Crippen molar-refractivity contribution in [1.82, 2.24) is 10.2 Å². The summed E-state index contributed by atoms with van der Waals surface area (Å²) in [6, 6.07) is 0.678. The van der Waals surface area contributed by atoms with Crippen LogP contribution in [0.4, 0.5) is 0 Å². The Morgan fingerprint density at radius 3 is 2.44 bits per heavy atom. The molecule has 1 N–H and O–H groups in total. The summed E-state index contributed by atoms with van der Waals surface area (Å²) in [4.78, 5) is 2.61. The molecule has 2 atom stereocenters. The number of rotatable bonds is 6. The van der Waals surface area contributed by atoms with Gasteiger partial charge in [-0.15, -0.1) is 0 Å². The third kappa shape index (κ3) is 4.04. The minimum absolute atomic E-state index is 0.493. The zero-order valence-electron chi connectivity index (χ0n) is 11.3. The fourth-order valence-corrected chi connectivity index (χ4v) is 2.42. The summed E-state index contributed by atoms with van der Waals surface area (Å²) < 4.78 is 5.41. The average molecular weight is 228 g/mol. The van der Waals surface area contributed by atoms with Gasteiger partial charge in [0.2, 0.25) is 0 Å². The van der Waals surface area contributed by atoms with Crippen molar-refractivity contribution >= 4 is 0 Å². The summed E-state index contributed by atoms with van der Waals surface area (Å²) in [6.07, 6.45) is 2.87. The van der Waals surface area contributed by atoms with Crippen LogP contribution in [0.1, 0.15) is 33.6 Å². The van der Waals surface area contributed by atoms with Crippen LogP contribution in [0, 0.1) is 5.92 Å². The molecule has 0 radical (unpaired) electrons. The van der Waals surface area contributed by atoms with E-state index in [2.05, 4.69) is 31.0 Å². The van der Waals surface area contributed by atoms with E-state index in [4.69, 9.17) is 4.74 Å². The maximum atomic E-state index is 5.41. The molecule has 96 valence electrons. The summed E-state index contributed by atoms with van der Waals surface area (Å²) in [7, 11) is 1.83. The Kier molecular flexibility index (Phi) is 6.32. The Morgan fingerprint density at radius 2 is 1.94 bits per heavy atom. The van der Waals surface area contributed by atoms with Gasteiger partial charge in [0, 0.05) is 26.2 Å². The van der Waals surface area contributed by atoms with E-state index >= 15 is 0 Å². The number of piperidine rings is 1. The molecule has 3 nitrogen and oxygen atoms in total. The van der Waals surface area contributed by atoms with Crippen LogP contribution in [0.3, 0.4) is 0 Å². The summed E-state index contributed by atoms with van der Waals surface area (Å²) in [5, 5.41) is 3.44. The topological polar surface area (TPSA) is 24.5 Å². The first-order valence-electron chi connectivity index (χ1n) is 6.66. The molecule has 0 bridgehead atoms. The first kappa shape index (κ1) is 13.9. The molecule has 1 rings (SSSR count). The Labute approximate surface area is 101 Å². The van der Waals surface area contributed by atoms with Crippen LogP contribution < -0.4 is 5.32 Å². The lowest BCUT2D eigenvalue weighted by Crippen LogP contribution is -2.46. The minimum atomic E-state index is 0.493. The molecule has 0 aromatic rings. The Bertz CT molecular complexity index is 179. The van der Waals surface area contributed by atoms with Gasteiger partial charge in [0.05, 0.1) is 6.10 Å². The molecular formula is C13H28N2O. The second-order valence-corrected chi connectivity index (χ2v) is 5.00. The van der Waals surface area contributed by atoms with Crippen LogP contribution in [-0.2, 0) is 4.74 Å². The minimum Gasteiger partial charge on any atom is -0.381 e. The van der Waals surface area contributed by atoms with E-state index in [0.717, 1.165) is 19.0 Å². The van der Waals surface area contributed by atoms with Crippen molar-refractivity contribution in [2.45, 2.75) is 45.8 Å². The van der Waals surface area contributed by atoms with Gasteiger partial charge in [-0.2, -0.15) is 0 Å². The van der Waals surface area contributed by atoms with Gasteiger partial charge in [-0.25, -0.2) is 0 Å². The molecule has 0 spiro atoms. The van der Waals surface area contributed by atoms with Crippen LogP contribution in [0.25, 0.3) is 0 Å². The lowest BCUT2D eigenvalue weighted by Gasteiger charge is -2.38. The number of methoxy groups -OCH3 is 1. The van der Waals surface area contributed by atoms with Gasteiger partial charge in [0.25, 0.3) is 0 Å². The second-order valence-electron chi connectivity index (χ2n) is 5.00. The third-order valence-electron chi connectivity index (χ3n) is 3.93. The molecule has 2 unspecified atom stereocenters. The van der Waals surface area contributed by atoms with Gasteiger partial charge >= 0.3 is 0 Å². The van der Waals surface area contributed by atoms with E-state index in [0.29, 0.717) is 12.1 Å². The van der Waals surface area contributed by atoms with Gasteiger partial charge in [-0.3, -0.25) is 0 Å². The van der Waals surface area contributed by atoms with E-state index in [9.17, 15) is 0 Å². The van der Waals surface area contributed by atoms with E-state index in [1.165, 1.54) is 25.9 Å². The van der Waals surface area contributed by atoms with Crippen molar-refractivity contribution in [3.63, 3.8) is 0 Å². The first-order valence-corrected chi connectivity index (χ1v) is 6.66. The fourth-order valence-electron chi connectivity index (χ4n) is 2.42. The van der Waals surface area contributed by atoms with Crippen molar-refractivity contribution < 1.29 is 4.74 Å². The van der Waals surface area contributed by atoms with Gasteiger partial charge in [0.15, 0.2) is 0 Å². The number of nitrogens with zero attached hydrogens (tertiary/aromatic N) is 1. The first-order chi connectivity index (χ1) is 7.69. The average Bonchev–Trinajstić information content (AvgIpc) is 2.35. The molecule has 3 heteroatoms. The molecule has 1 aliphatic heterocycles. The van der Waals surface area contributed by atoms with Crippen LogP contribution in [-0.4, -0.2) is 50.3 Å². The molecule has 0 aromatic carbocycles. The zero-order chi connectivity index (χ0) is 12.0. The molecule has 0 saturated carbocycles.